The van der Waals surface area contributed by atoms with Crippen molar-refractivity contribution in [1.82, 2.24) is 0 Å². The molecule has 0 heterocycles. The van der Waals surface area contributed by atoms with E-state index >= 15 is 0 Å². The van der Waals surface area contributed by atoms with Crippen molar-refractivity contribution >= 4 is 23.8 Å². The highest BCUT2D eigenvalue weighted by molar-refractivity contribution is 5.90. The molecule has 0 unspecified atom stereocenters. The lowest BCUT2D eigenvalue weighted by molar-refractivity contribution is -0.384. The SMILES string of the molecule is COC(=O)c1ccc(C=Cc2ccc([N+](=O)[O-])cc2)c(OC)c1. The maximum absolute atomic E-state index is 11.5. The van der Waals surface area contributed by atoms with Crippen LogP contribution in [0.2, 0.25) is 0 Å². The van der Waals surface area contributed by atoms with Gasteiger partial charge < -0.3 is 9.47 Å². The number of nitrogens with zero attached hydrogens (tertiary/aromatic N) is 1. The van der Waals surface area contributed by atoms with Crippen molar-refractivity contribution in [3.8, 4) is 5.75 Å². The normalized spacial score (nSPS) is 10.5. The van der Waals surface area contributed by atoms with E-state index in [9.17, 15) is 14.9 Å². The van der Waals surface area contributed by atoms with Crippen LogP contribution in [0, 0.1) is 10.1 Å². The molecule has 0 spiro atoms. The van der Waals surface area contributed by atoms with Crippen molar-refractivity contribution < 1.29 is 19.2 Å². The molecule has 0 N–H and O–H groups in total. The van der Waals surface area contributed by atoms with Gasteiger partial charge in [0.05, 0.1) is 24.7 Å². The van der Waals surface area contributed by atoms with Gasteiger partial charge in [0, 0.05) is 17.7 Å². The van der Waals surface area contributed by atoms with E-state index in [4.69, 9.17) is 4.74 Å². The number of non-ortho nitro benzene ring substituents is 1. The van der Waals surface area contributed by atoms with Crippen LogP contribution < -0.4 is 4.74 Å². The number of nitro benzene ring substituents is 1. The molecule has 2 aromatic rings. The summed E-state index contributed by atoms with van der Waals surface area (Å²) in [6.45, 7) is 0. The topological polar surface area (TPSA) is 78.7 Å². The average molecular weight is 313 g/mol. The third-order valence-electron chi connectivity index (χ3n) is 3.21. The Kier molecular flexibility index (Phi) is 5.09. The maximum atomic E-state index is 11.5. The van der Waals surface area contributed by atoms with Gasteiger partial charge >= 0.3 is 5.97 Å². The highest BCUT2D eigenvalue weighted by atomic mass is 16.6. The largest absolute Gasteiger partial charge is 0.496 e. The highest BCUT2D eigenvalue weighted by Gasteiger charge is 2.09. The zero-order chi connectivity index (χ0) is 16.8. The predicted molar refractivity (Wildman–Crippen MR) is 86.4 cm³/mol. The molecular weight excluding hydrogens is 298 g/mol. The van der Waals surface area contributed by atoms with Crippen LogP contribution in [0.25, 0.3) is 12.2 Å². The molecule has 0 aromatic heterocycles. The standard InChI is InChI=1S/C17H15NO5/c1-22-16-11-14(17(19)23-2)8-7-13(16)6-3-12-4-9-15(10-5-12)18(20)21/h3-11H,1-2H3. The summed E-state index contributed by atoms with van der Waals surface area (Å²) in [6, 6.07) is 11.2. The summed E-state index contributed by atoms with van der Waals surface area (Å²) < 4.78 is 9.94. The van der Waals surface area contributed by atoms with E-state index in [0.29, 0.717) is 11.3 Å². The van der Waals surface area contributed by atoms with Gasteiger partial charge in [-0.05, 0) is 29.8 Å². The van der Waals surface area contributed by atoms with Crippen LogP contribution in [0.5, 0.6) is 5.75 Å². The van der Waals surface area contributed by atoms with Crippen LogP contribution in [0.4, 0.5) is 5.69 Å². The van der Waals surface area contributed by atoms with E-state index in [1.807, 2.05) is 0 Å². The van der Waals surface area contributed by atoms with Gasteiger partial charge in [0.2, 0.25) is 0 Å². The van der Waals surface area contributed by atoms with Crippen molar-refractivity contribution in [3.63, 3.8) is 0 Å². The fourth-order valence-electron chi connectivity index (χ4n) is 1.99. The number of benzene rings is 2. The number of hydrogen-bond donors (Lipinski definition) is 0. The lowest BCUT2D eigenvalue weighted by atomic mass is 10.1. The number of nitro groups is 1. The molecule has 6 heteroatoms. The molecular formula is C17H15NO5. The molecule has 0 bridgehead atoms. The van der Waals surface area contributed by atoms with Gasteiger partial charge in [0.1, 0.15) is 5.75 Å². The number of carbonyl (C=O) groups excluding carboxylic acids is 1. The summed E-state index contributed by atoms with van der Waals surface area (Å²) in [5.41, 5.74) is 2.03. The molecule has 23 heavy (non-hydrogen) atoms. The number of esters is 1. The second kappa shape index (κ2) is 7.22. The van der Waals surface area contributed by atoms with Crippen molar-refractivity contribution in [2.45, 2.75) is 0 Å². The molecule has 0 fully saturated rings. The van der Waals surface area contributed by atoms with Gasteiger partial charge in [-0.25, -0.2) is 4.79 Å². The first-order chi connectivity index (χ1) is 11.0. The van der Waals surface area contributed by atoms with Crippen LogP contribution in [-0.4, -0.2) is 25.1 Å². The van der Waals surface area contributed by atoms with Gasteiger partial charge in [-0.3, -0.25) is 10.1 Å². The summed E-state index contributed by atoms with van der Waals surface area (Å²) in [6.07, 6.45) is 3.61. The Morgan fingerprint density at radius 2 is 1.78 bits per heavy atom. The Morgan fingerprint density at radius 1 is 1.09 bits per heavy atom. The first-order valence-corrected chi connectivity index (χ1v) is 6.74. The van der Waals surface area contributed by atoms with E-state index in [0.717, 1.165) is 11.1 Å². The van der Waals surface area contributed by atoms with E-state index in [-0.39, 0.29) is 5.69 Å². The second-order valence-corrected chi connectivity index (χ2v) is 4.63. The third kappa shape index (κ3) is 3.94. The first-order valence-electron chi connectivity index (χ1n) is 6.74. The Balaban J connectivity index is 2.24. The second-order valence-electron chi connectivity index (χ2n) is 4.63. The van der Waals surface area contributed by atoms with Crippen LogP contribution in [0.1, 0.15) is 21.5 Å². The minimum absolute atomic E-state index is 0.0437. The number of ether oxygens (including phenoxy) is 2. The summed E-state index contributed by atoms with van der Waals surface area (Å²) in [7, 11) is 2.83. The Bertz CT molecular complexity index is 750. The molecule has 0 aliphatic carbocycles. The molecule has 0 saturated heterocycles. The van der Waals surface area contributed by atoms with Crippen LogP contribution >= 0.6 is 0 Å². The first kappa shape index (κ1) is 16.2. The van der Waals surface area contributed by atoms with Gasteiger partial charge in [-0.2, -0.15) is 0 Å². The van der Waals surface area contributed by atoms with Crippen molar-refractivity contribution in [2.75, 3.05) is 14.2 Å². The molecule has 0 aliphatic heterocycles. The van der Waals surface area contributed by atoms with Gasteiger partial charge in [-0.15, -0.1) is 0 Å². The maximum Gasteiger partial charge on any atom is 0.337 e. The quantitative estimate of drug-likeness (QED) is 0.365. The monoisotopic (exact) mass is 313 g/mol. The lowest BCUT2D eigenvalue weighted by Gasteiger charge is -2.07. The number of rotatable bonds is 5. The molecule has 6 nitrogen and oxygen atoms in total. The summed E-state index contributed by atoms with van der Waals surface area (Å²) >= 11 is 0. The van der Waals surface area contributed by atoms with Gasteiger partial charge in [0.25, 0.3) is 5.69 Å². The van der Waals surface area contributed by atoms with Crippen LogP contribution in [0.3, 0.4) is 0 Å². The fraction of sp³-hybridized carbons (Fsp3) is 0.118. The highest BCUT2D eigenvalue weighted by Crippen LogP contribution is 2.23. The van der Waals surface area contributed by atoms with Crippen molar-refractivity contribution in [3.05, 3.63) is 69.3 Å². The van der Waals surface area contributed by atoms with E-state index in [1.54, 1.807) is 42.5 Å². The van der Waals surface area contributed by atoms with E-state index in [1.165, 1.54) is 26.4 Å². The number of carbonyl (C=O) groups is 1. The fourth-order valence-corrected chi connectivity index (χ4v) is 1.99. The minimum atomic E-state index is -0.442. The van der Waals surface area contributed by atoms with E-state index in [2.05, 4.69) is 4.74 Å². The predicted octanol–water partition coefficient (Wildman–Crippen LogP) is 3.56. The molecule has 0 radical (unpaired) electrons. The summed E-state index contributed by atoms with van der Waals surface area (Å²) in [4.78, 5) is 21.7. The Hall–Kier alpha value is -3.15. The van der Waals surface area contributed by atoms with Crippen LogP contribution in [0.15, 0.2) is 42.5 Å². The molecule has 118 valence electrons. The smallest absolute Gasteiger partial charge is 0.337 e. The minimum Gasteiger partial charge on any atom is -0.496 e. The van der Waals surface area contributed by atoms with Crippen molar-refractivity contribution in [1.29, 1.82) is 0 Å². The van der Waals surface area contributed by atoms with Gasteiger partial charge in [0.15, 0.2) is 0 Å². The zero-order valence-electron chi connectivity index (χ0n) is 12.7. The molecule has 0 amide bonds. The molecule has 0 aliphatic rings. The lowest BCUT2D eigenvalue weighted by Crippen LogP contribution is -2.01. The molecule has 2 aromatic carbocycles. The Labute approximate surface area is 133 Å². The Morgan fingerprint density at radius 3 is 2.35 bits per heavy atom. The average Bonchev–Trinajstić information content (AvgIpc) is 2.59. The number of methoxy groups -OCH3 is 2. The zero-order valence-corrected chi connectivity index (χ0v) is 12.7. The van der Waals surface area contributed by atoms with Crippen molar-refractivity contribution in [2.24, 2.45) is 0 Å². The van der Waals surface area contributed by atoms with Gasteiger partial charge in [-0.1, -0.05) is 18.2 Å². The third-order valence-corrected chi connectivity index (χ3v) is 3.21. The molecule has 2 rings (SSSR count). The van der Waals surface area contributed by atoms with Crippen LogP contribution in [-0.2, 0) is 4.74 Å². The van der Waals surface area contributed by atoms with E-state index < -0.39 is 10.9 Å². The number of hydrogen-bond acceptors (Lipinski definition) is 5. The summed E-state index contributed by atoms with van der Waals surface area (Å²) in [5.74, 6) is 0.0975. The molecule has 0 saturated carbocycles. The molecule has 0 atom stereocenters. The summed E-state index contributed by atoms with van der Waals surface area (Å²) in [5, 5.41) is 10.6.